The topological polar surface area (TPSA) is 81.7 Å². The summed E-state index contributed by atoms with van der Waals surface area (Å²) in [5.74, 6) is -1.92. The Morgan fingerprint density at radius 1 is 0.862 bits per heavy atom. The molecule has 1 unspecified atom stereocenters. The minimum Gasteiger partial charge on any atom is -0.496 e. The monoisotopic (exact) mass is 391 g/mol. The average Bonchev–Trinajstić information content (AvgIpc) is 2.71. The number of fused-ring (bicyclic) bond motifs is 1. The number of para-hydroxylation sites is 1. The lowest BCUT2D eigenvalue weighted by atomic mass is 9.84. The van der Waals surface area contributed by atoms with Crippen LogP contribution in [0.2, 0.25) is 0 Å². The van der Waals surface area contributed by atoms with Crippen LogP contribution >= 0.6 is 0 Å². The van der Waals surface area contributed by atoms with Gasteiger partial charge in [0.25, 0.3) is 11.5 Å². The SMILES string of the molecule is COc1ccc2ccccc2c1C(OC(C)=O)(C(C)=O)C(=O)Nc1ccccc1. The van der Waals surface area contributed by atoms with Gasteiger partial charge in [0.1, 0.15) is 5.75 Å². The number of ether oxygens (including phenoxy) is 2. The molecular weight excluding hydrogens is 370 g/mol. The van der Waals surface area contributed by atoms with Crippen LogP contribution in [0.1, 0.15) is 19.4 Å². The molecule has 1 N–H and O–H groups in total. The van der Waals surface area contributed by atoms with Crippen LogP contribution in [0.25, 0.3) is 10.8 Å². The van der Waals surface area contributed by atoms with Crippen LogP contribution in [0.5, 0.6) is 5.75 Å². The summed E-state index contributed by atoms with van der Waals surface area (Å²) in [5, 5.41) is 4.04. The van der Waals surface area contributed by atoms with Crippen LogP contribution in [0.3, 0.4) is 0 Å². The van der Waals surface area contributed by atoms with Crippen LogP contribution < -0.4 is 10.1 Å². The van der Waals surface area contributed by atoms with Crippen LogP contribution in [-0.4, -0.2) is 24.8 Å². The van der Waals surface area contributed by atoms with Crippen LogP contribution in [0, 0.1) is 0 Å². The summed E-state index contributed by atoms with van der Waals surface area (Å²) in [4.78, 5) is 38.4. The van der Waals surface area contributed by atoms with E-state index < -0.39 is 23.3 Å². The Morgan fingerprint density at radius 3 is 2.14 bits per heavy atom. The Bertz CT molecular complexity index is 1080. The minimum absolute atomic E-state index is 0.189. The Balaban J connectivity index is 2.31. The van der Waals surface area contributed by atoms with E-state index in [0.29, 0.717) is 11.1 Å². The number of benzene rings is 3. The second-order valence-electron chi connectivity index (χ2n) is 6.52. The number of amides is 1. The summed E-state index contributed by atoms with van der Waals surface area (Å²) in [6.07, 6.45) is 0. The zero-order chi connectivity index (χ0) is 21.0. The van der Waals surface area contributed by atoms with Gasteiger partial charge in [-0.2, -0.15) is 0 Å². The molecule has 6 heteroatoms. The summed E-state index contributed by atoms with van der Waals surface area (Å²) in [6.45, 7) is 2.37. The highest BCUT2D eigenvalue weighted by molar-refractivity contribution is 6.17. The molecule has 0 spiro atoms. The molecule has 0 radical (unpaired) electrons. The predicted molar refractivity (Wildman–Crippen MR) is 110 cm³/mol. The van der Waals surface area contributed by atoms with Crippen molar-refractivity contribution in [3.05, 3.63) is 72.3 Å². The van der Waals surface area contributed by atoms with E-state index in [4.69, 9.17) is 9.47 Å². The Labute approximate surface area is 168 Å². The number of hydrogen-bond acceptors (Lipinski definition) is 5. The third-order valence-corrected chi connectivity index (χ3v) is 4.61. The number of Topliss-reactive ketones (excluding diaryl/α,β-unsaturated/α-hetero) is 1. The van der Waals surface area contributed by atoms with Gasteiger partial charge in [-0.15, -0.1) is 0 Å². The fraction of sp³-hybridized carbons (Fsp3) is 0.174. The lowest BCUT2D eigenvalue weighted by molar-refractivity contribution is -0.171. The number of ketones is 1. The van der Waals surface area contributed by atoms with Gasteiger partial charge in [0, 0.05) is 12.6 Å². The second kappa shape index (κ2) is 8.14. The van der Waals surface area contributed by atoms with E-state index >= 15 is 0 Å². The maximum atomic E-state index is 13.5. The summed E-state index contributed by atoms with van der Waals surface area (Å²) < 4.78 is 11.0. The van der Waals surface area contributed by atoms with Crippen molar-refractivity contribution in [2.75, 3.05) is 12.4 Å². The van der Waals surface area contributed by atoms with Crippen LogP contribution in [0.4, 0.5) is 5.69 Å². The van der Waals surface area contributed by atoms with Gasteiger partial charge in [0.05, 0.1) is 12.7 Å². The van der Waals surface area contributed by atoms with Crippen molar-refractivity contribution in [2.45, 2.75) is 19.4 Å². The van der Waals surface area contributed by atoms with Crippen LogP contribution in [-0.2, 0) is 24.7 Å². The summed E-state index contributed by atoms with van der Waals surface area (Å²) in [6, 6.07) is 19.3. The predicted octanol–water partition coefficient (Wildman–Crippen LogP) is 3.83. The molecule has 3 aromatic rings. The molecular formula is C23H21NO5. The molecule has 0 aliphatic carbocycles. The first-order chi connectivity index (χ1) is 13.9. The van der Waals surface area contributed by atoms with Crippen molar-refractivity contribution >= 4 is 34.1 Å². The van der Waals surface area contributed by atoms with E-state index in [1.54, 1.807) is 48.5 Å². The van der Waals surface area contributed by atoms with Gasteiger partial charge in [-0.05, 0) is 35.9 Å². The van der Waals surface area contributed by atoms with Gasteiger partial charge in [-0.25, -0.2) is 0 Å². The van der Waals surface area contributed by atoms with Crippen molar-refractivity contribution in [3.63, 3.8) is 0 Å². The van der Waals surface area contributed by atoms with Gasteiger partial charge < -0.3 is 14.8 Å². The molecule has 0 aliphatic heterocycles. The number of rotatable bonds is 6. The van der Waals surface area contributed by atoms with Crippen LogP contribution in [0.15, 0.2) is 66.7 Å². The number of methoxy groups -OCH3 is 1. The summed E-state index contributed by atoms with van der Waals surface area (Å²) >= 11 is 0. The van der Waals surface area contributed by atoms with Crippen molar-refractivity contribution in [2.24, 2.45) is 0 Å². The van der Waals surface area contributed by atoms with Gasteiger partial charge in [-0.1, -0.05) is 48.5 Å². The van der Waals surface area contributed by atoms with Crippen molar-refractivity contribution in [3.8, 4) is 5.75 Å². The first-order valence-electron chi connectivity index (χ1n) is 9.03. The second-order valence-corrected chi connectivity index (χ2v) is 6.52. The number of nitrogens with one attached hydrogen (secondary N) is 1. The van der Waals surface area contributed by atoms with Gasteiger partial charge in [0.2, 0.25) is 0 Å². The van der Waals surface area contributed by atoms with E-state index in [9.17, 15) is 14.4 Å². The minimum atomic E-state index is -2.21. The molecule has 29 heavy (non-hydrogen) atoms. The van der Waals surface area contributed by atoms with Gasteiger partial charge >= 0.3 is 5.97 Å². The quantitative estimate of drug-likeness (QED) is 0.510. The molecule has 1 atom stereocenters. The number of carbonyl (C=O) groups excluding carboxylic acids is 3. The summed E-state index contributed by atoms with van der Waals surface area (Å²) in [5.41, 5.74) is -1.56. The molecule has 0 aliphatic rings. The molecule has 0 bridgehead atoms. The molecule has 0 fully saturated rings. The van der Waals surface area contributed by atoms with Crippen molar-refractivity contribution in [1.82, 2.24) is 0 Å². The molecule has 3 rings (SSSR count). The highest BCUT2D eigenvalue weighted by Crippen LogP contribution is 2.40. The maximum Gasteiger partial charge on any atom is 0.304 e. The standard InChI is InChI=1S/C23H21NO5/c1-15(25)23(29-16(2)26,22(27)24-18-10-5-4-6-11-18)21-19-12-8-7-9-17(19)13-14-20(21)28-3/h4-14H,1-3H3,(H,24,27). The van der Waals surface area contributed by atoms with E-state index in [1.165, 1.54) is 14.0 Å². The zero-order valence-corrected chi connectivity index (χ0v) is 16.4. The third kappa shape index (κ3) is 3.69. The number of carbonyl (C=O) groups is 3. The largest absolute Gasteiger partial charge is 0.496 e. The molecule has 0 saturated carbocycles. The van der Waals surface area contributed by atoms with Crippen molar-refractivity contribution in [1.29, 1.82) is 0 Å². The highest BCUT2D eigenvalue weighted by Gasteiger charge is 2.51. The fourth-order valence-corrected chi connectivity index (χ4v) is 3.36. The van der Waals surface area contributed by atoms with E-state index in [1.807, 2.05) is 18.2 Å². The van der Waals surface area contributed by atoms with E-state index in [0.717, 1.165) is 12.3 Å². The van der Waals surface area contributed by atoms with Gasteiger partial charge in [0.15, 0.2) is 5.78 Å². The average molecular weight is 391 g/mol. The molecule has 3 aromatic carbocycles. The fourth-order valence-electron chi connectivity index (χ4n) is 3.36. The molecule has 0 aromatic heterocycles. The number of hydrogen-bond donors (Lipinski definition) is 1. The van der Waals surface area contributed by atoms with E-state index in [2.05, 4.69) is 5.32 Å². The smallest absolute Gasteiger partial charge is 0.304 e. The highest BCUT2D eigenvalue weighted by atomic mass is 16.6. The molecule has 1 amide bonds. The normalized spacial score (nSPS) is 12.7. The van der Waals surface area contributed by atoms with E-state index in [-0.39, 0.29) is 11.3 Å². The lowest BCUT2D eigenvalue weighted by Crippen LogP contribution is -2.49. The number of anilines is 1. The Hall–Kier alpha value is -3.67. The first kappa shape index (κ1) is 20.1. The zero-order valence-electron chi connectivity index (χ0n) is 16.4. The summed E-state index contributed by atoms with van der Waals surface area (Å²) in [7, 11) is 1.43. The number of esters is 1. The van der Waals surface area contributed by atoms with Crippen molar-refractivity contribution < 1.29 is 23.9 Å². The Morgan fingerprint density at radius 2 is 1.52 bits per heavy atom. The molecule has 0 heterocycles. The molecule has 0 saturated heterocycles. The lowest BCUT2D eigenvalue weighted by Gasteiger charge is -2.32. The van der Waals surface area contributed by atoms with Gasteiger partial charge in [-0.3, -0.25) is 14.4 Å². The first-order valence-corrected chi connectivity index (χ1v) is 9.03. The Kier molecular flexibility index (Phi) is 5.64. The molecule has 6 nitrogen and oxygen atoms in total. The molecule has 148 valence electrons. The third-order valence-electron chi connectivity index (χ3n) is 4.61. The maximum absolute atomic E-state index is 13.5.